The Hall–Kier alpha value is -2.95. The second kappa shape index (κ2) is 8.06. The van der Waals surface area contributed by atoms with Gasteiger partial charge in [-0.05, 0) is 43.2 Å². The topological polar surface area (TPSA) is 75.3 Å². The number of nitrogens with one attached hydrogen (secondary N) is 2. The molecule has 2 N–H and O–H groups in total. The third-order valence-corrected chi connectivity index (χ3v) is 3.76. The lowest BCUT2D eigenvalue weighted by atomic mass is 10.0. The number of aryl methyl sites for hydroxylation is 2. The first kappa shape index (κ1) is 17.4. The molecule has 0 spiro atoms. The second-order valence-corrected chi connectivity index (χ2v) is 5.59. The largest absolute Gasteiger partial charge is 0.294 e. The highest BCUT2D eigenvalue weighted by atomic mass is 16.2. The summed E-state index contributed by atoms with van der Waals surface area (Å²) in [6, 6.07) is 14.0. The third kappa shape index (κ3) is 4.78. The minimum Gasteiger partial charge on any atom is -0.294 e. The number of benzene rings is 2. The summed E-state index contributed by atoms with van der Waals surface area (Å²) in [5.41, 5.74) is 7.85. The molecule has 0 radical (unpaired) electrons. The lowest BCUT2D eigenvalue weighted by Gasteiger charge is -2.08. The van der Waals surface area contributed by atoms with E-state index in [1.165, 1.54) is 0 Å². The molecule has 0 bridgehead atoms. The Morgan fingerprint density at radius 2 is 1.50 bits per heavy atom. The molecular weight excluding hydrogens is 304 g/mol. The zero-order chi connectivity index (χ0) is 17.5. The van der Waals surface area contributed by atoms with Gasteiger partial charge in [-0.1, -0.05) is 30.3 Å². The first-order chi connectivity index (χ1) is 11.5. The molecule has 0 aliphatic heterocycles. The van der Waals surface area contributed by atoms with Crippen molar-refractivity contribution in [2.24, 2.45) is 0 Å². The van der Waals surface area contributed by atoms with Gasteiger partial charge in [-0.3, -0.25) is 25.2 Å². The van der Waals surface area contributed by atoms with E-state index in [-0.39, 0.29) is 18.6 Å². The van der Waals surface area contributed by atoms with Crippen LogP contribution < -0.4 is 10.9 Å². The third-order valence-electron chi connectivity index (χ3n) is 3.76. The summed E-state index contributed by atoms with van der Waals surface area (Å²) < 4.78 is 0. The molecule has 0 aliphatic rings. The average Bonchev–Trinajstić information content (AvgIpc) is 2.60. The van der Waals surface area contributed by atoms with Crippen LogP contribution in [0.5, 0.6) is 0 Å². The molecule has 2 rings (SSSR count). The Labute approximate surface area is 141 Å². The summed E-state index contributed by atoms with van der Waals surface area (Å²) in [7, 11) is 0. The quantitative estimate of drug-likeness (QED) is 0.656. The molecule has 0 unspecified atom stereocenters. The summed E-state index contributed by atoms with van der Waals surface area (Å²) in [5.74, 6) is -0.900. The normalized spacial score (nSPS) is 10.1. The maximum absolute atomic E-state index is 12.1. The monoisotopic (exact) mass is 324 g/mol. The van der Waals surface area contributed by atoms with E-state index in [9.17, 15) is 14.4 Å². The minimum atomic E-state index is -0.406. The zero-order valence-electron chi connectivity index (χ0n) is 13.8. The van der Waals surface area contributed by atoms with Crippen LogP contribution in [0.1, 0.15) is 44.7 Å². The van der Waals surface area contributed by atoms with Crippen molar-refractivity contribution in [2.75, 3.05) is 0 Å². The van der Waals surface area contributed by atoms with Crippen LogP contribution in [0.25, 0.3) is 0 Å². The predicted molar refractivity (Wildman–Crippen MR) is 91.5 cm³/mol. The van der Waals surface area contributed by atoms with Gasteiger partial charge in [0.25, 0.3) is 5.91 Å². The Balaban J connectivity index is 1.79. The van der Waals surface area contributed by atoms with Gasteiger partial charge in [0.05, 0.1) is 0 Å². The van der Waals surface area contributed by atoms with Crippen LogP contribution in [0.4, 0.5) is 0 Å². The van der Waals surface area contributed by atoms with Crippen molar-refractivity contribution in [3.05, 3.63) is 70.8 Å². The van der Waals surface area contributed by atoms with E-state index in [0.29, 0.717) is 11.1 Å². The molecule has 0 heterocycles. The Morgan fingerprint density at radius 1 is 0.792 bits per heavy atom. The lowest BCUT2D eigenvalue weighted by molar-refractivity contribution is -0.121. The molecule has 0 fully saturated rings. The van der Waals surface area contributed by atoms with Crippen LogP contribution >= 0.6 is 0 Å². The van der Waals surface area contributed by atoms with Crippen LogP contribution in [0.15, 0.2) is 48.5 Å². The van der Waals surface area contributed by atoms with Gasteiger partial charge >= 0.3 is 0 Å². The van der Waals surface area contributed by atoms with Gasteiger partial charge in [0.1, 0.15) is 0 Å². The molecule has 5 heteroatoms. The van der Waals surface area contributed by atoms with Crippen LogP contribution in [0.3, 0.4) is 0 Å². The Bertz CT molecular complexity index is 754. The van der Waals surface area contributed by atoms with Gasteiger partial charge < -0.3 is 0 Å². The van der Waals surface area contributed by atoms with Crippen LogP contribution in [0, 0.1) is 13.8 Å². The number of amides is 2. The summed E-state index contributed by atoms with van der Waals surface area (Å²) in [5, 5.41) is 0. The Kier molecular flexibility index (Phi) is 5.84. The molecule has 0 aromatic heterocycles. The van der Waals surface area contributed by atoms with E-state index in [1.54, 1.807) is 36.4 Å². The smallest absolute Gasteiger partial charge is 0.269 e. The second-order valence-electron chi connectivity index (χ2n) is 5.59. The number of ketones is 1. The highest BCUT2D eigenvalue weighted by Crippen LogP contribution is 2.12. The van der Waals surface area contributed by atoms with E-state index in [0.717, 1.165) is 11.1 Å². The highest BCUT2D eigenvalue weighted by molar-refractivity contribution is 5.99. The van der Waals surface area contributed by atoms with Crippen molar-refractivity contribution in [3.8, 4) is 0 Å². The molecule has 2 aromatic rings. The molecule has 124 valence electrons. The van der Waals surface area contributed by atoms with Gasteiger partial charge in [0.15, 0.2) is 5.78 Å². The summed E-state index contributed by atoms with van der Waals surface area (Å²) >= 11 is 0. The molecule has 0 saturated heterocycles. The molecule has 5 nitrogen and oxygen atoms in total. The van der Waals surface area contributed by atoms with Gasteiger partial charge in [0.2, 0.25) is 5.91 Å². The van der Waals surface area contributed by atoms with E-state index in [1.807, 2.05) is 26.0 Å². The van der Waals surface area contributed by atoms with Gasteiger partial charge in [-0.15, -0.1) is 0 Å². The minimum absolute atomic E-state index is 0.0147. The van der Waals surface area contributed by atoms with Gasteiger partial charge in [-0.25, -0.2) is 0 Å². The fraction of sp³-hybridized carbons (Fsp3) is 0.211. The van der Waals surface area contributed by atoms with E-state index >= 15 is 0 Å². The fourth-order valence-corrected chi connectivity index (χ4v) is 2.14. The lowest BCUT2D eigenvalue weighted by Crippen LogP contribution is -2.41. The first-order valence-corrected chi connectivity index (χ1v) is 7.72. The number of rotatable bonds is 5. The number of Topliss-reactive ketones (excluding diaryl/α,β-unsaturated/α-hetero) is 1. The van der Waals surface area contributed by atoms with Gasteiger partial charge in [0, 0.05) is 24.0 Å². The SMILES string of the molecule is Cc1ccc(C(=O)CCC(=O)NNC(=O)c2ccccc2)cc1C. The number of hydrazine groups is 1. The number of hydrogen-bond acceptors (Lipinski definition) is 3. The number of carbonyl (C=O) groups is 3. The molecule has 0 aliphatic carbocycles. The maximum Gasteiger partial charge on any atom is 0.269 e. The number of carbonyl (C=O) groups excluding carboxylic acids is 3. The molecule has 0 atom stereocenters. The molecule has 0 saturated carbocycles. The Morgan fingerprint density at radius 3 is 2.17 bits per heavy atom. The maximum atomic E-state index is 12.1. The summed E-state index contributed by atoms with van der Waals surface area (Å²) in [6.45, 7) is 3.92. The number of hydrogen-bond donors (Lipinski definition) is 2. The molecule has 24 heavy (non-hydrogen) atoms. The van der Waals surface area contributed by atoms with Crippen LogP contribution in [0.2, 0.25) is 0 Å². The van der Waals surface area contributed by atoms with E-state index in [2.05, 4.69) is 10.9 Å². The van der Waals surface area contributed by atoms with Crippen molar-refractivity contribution in [1.82, 2.24) is 10.9 Å². The fourth-order valence-electron chi connectivity index (χ4n) is 2.14. The standard InChI is InChI=1S/C19H20N2O3/c1-13-8-9-16(12-14(13)2)17(22)10-11-18(23)20-21-19(24)15-6-4-3-5-7-15/h3-9,12H,10-11H2,1-2H3,(H,20,23)(H,21,24). The molecular formula is C19H20N2O3. The predicted octanol–water partition coefficient (Wildman–Crippen LogP) is 2.73. The van der Waals surface area contributed by atoms with Crippen molar-refractivity contribution in [1.29, 1.82) is 0 Å². The first-order valence-electron chi connectivity index (χ1n) is 7.72. The van der Waals surface area contributed by atoms with Gasteiger partial charge in [-0.2, -0.15) is 0 Å². The van der Waals surface area contributed by atoms with E-state index in [4.69, 9.17) is 0 Å². The van der Waals surface area contributed by atoms with Crippen molar-refractivity contribution in [3.63, 3.8) is 0 Å². The average molecular weight is 324 g/mol. The zero-order valence-corrected chi connectivity index (χ0v) is 13.8. The summed E-state index contributed by atoms with van der Waals surface area (Å²) in [6.07, 6.45) is 0.108. The summed E-state index contributed by atoms with van der Waals surface area (Å²) in [4.78, 5) is 35.6. The van der Waals surface area contributed by atoms with Crippen molar-refractivity contribution in [2.45, 2.75) is 26.7 Å². The van der Waals surface area contributed by atoms with Crippen molar-refractivity contribution < 1.29 is 14.4 Å². The van der Waals surface area contributed by atoms with Crippen molar-refractivity contribution >= 4 is 17.6 Å². The van der Waals surface area contributed by atoms with Crippen LogP contribution in [-0.2, 0) is 4.79 Å². The molecule has 2 aromatic carbocycles. The highest BCUT2D eigenvalue weighted by Gasteiger charge is 2.11. The van der Waals surface area contributed by atoms with E-state index < -0.39 is 11.8 Å². The molecule has 2 amide bonds. The van der Waals surface area contributed by atoms with Crippen LogP contribution in [-0.4, -0.2) is 17.6 Å².